The van der Waals surface area contributed by atoms with Crippen LogP contribution in [-0.4, -0.2) is 58.5 Å². The molecule has 0 aliphatic carbocycles. The molecule has 184 valence electrons. The molecule has 1 amide bonds. The van der Waals surface area contributed by atoms with Gasteiger partial charge in [-0.3, -0.25) is 4.79 Å². The van der Waals surface area contributed by atoms with E-state index in [1.54, 1.807) is 41.3 Å². The van der Waals surface area contributed by atoms with Crippen molar-refractivity contribution < 1.29 is 13.9 Å². The lowest BCUT2D eigenvalue weighted by atomic mass is 10.1. The maximum absolute atomic E-state index is 14.5. The third kappa shape index (κ3) is 5.12. The number of pyridine rings is 1. The van der Waals surface area contributed by atoms with Crippen molar-refractivity contribution in [2.45, 2.75) is 0 Å². The first kappa shape index (κ1) is 24.0. The fourth-order valence-corrected chi connectivity index (χ4v) is 4.31. The minimum Gasteiger partial charge on any atom is -0.484 e. The second-order valence-electron chi connectivity index (χ2n) is 8.20. The second kappa shape index (κ2) is 10.1. The van der Waals surface area contributed by atoms with Gasteiger partial charge in [-0.1, -0.05) is 23.2 Å². The van der Waals surface area contributed by atoms with Gasteiger partial charge in [-0.25, -0.2) is 14.4 Å². The Morgan fingerprint density at radius 1 is 0.944 bits per heavy atom. The first-order chi connectivity index (χ1) is 17.4. The van der Waals surface area contributed by atoms with Crippen molar-refractivity contribution >= 4 is 51.9 Å². The van der Waals surface area contributed by atoms with Gasteiger partial charge in [0.2, 0.25) is 5.95 Å². The molecule has 2 N–H and O–H groups in total. The Morgan fingerprint density at radius 2 is 1.67 bits per heavy atom. The summed E-state index contributed by atoms with van der Waals surface area (Å²) in [6, 6.07) is 14.6. The molecular weight excluding hydrogens is 506 g/mol. The van der Waals surface area contributed by atoms with Crippen molar-refractivity contribution in [2.24, 2.45) is 0 Å². The van der Waals surface area contributed by atoms with Crippen LogP contribution in [0.15, 0.2) is 54.6 Å². The Bertz CT molecular complexity index is 1430. The minimum absolute atomic E-state index is 0.0683. The fourth-order valence-electron chi connectivity index (χ4n) is 4.02. The van der Waals surface area contributed by atoms with E-state index < -0.39 is 5.82 Å². The summed E-state index contributed by atoms with van der Waals surface area (Å²) in [7, 11) is 0. The number of rotatable bonds is 5. The Balaban J connectivity index is 1.33. The molecule has 2 aromatic carbocycles. The van der Waals surface area contributed by atoms with Gasteiger partial charge in [0, 0.05) is 41.8 Å². The van der Waals surface area contributed by atoms with Crippen molar-refractivity contribution in [3.8, 4) is 17.0 Å². The molecule has 0 radical (unpaired) electrons. The highest BCUT2D eigenvalue weighted by Gasteiger charge is 2.25. The Hall–Kier alpha value is -3.69. The van der Waals surface area contributed by atoms with Crippen LogP contribution in [0.3, 0.4) is 0 Å². The van der Waals surface area contributed by atoms with Crippen LogP contribution in [0.25, 0.3) is 22.3 Å². The number of nitrogens with two attached hydrogens (primary N) is 1. The number of amides is 1. The number of carbonyl (C=O) groups is 1. The molecule has 1 aliphatic heterocycles. The number of nitrogens with zero attached hydrogens (tertiary/aromatic N) is 5. The van der Waals surface area contributed by atoms with Gasteiger partial charge in [0.05, 0.1) is 11.2 Å². The summed E-state index contributed by atoms with van der Waals surface area (Å²) in [5.74, 6) is 0.667. The number of ether oxygens (including phenoxy) is 1. The van der Waals surface area contributed by atoms with E-state index in [2.05, 4.69) is 15.0 Å². The van der Waals surface area contributed by atoms with Gasteiger partial charge in [0.1, 0.15) is 17.1 Å². The minimum atomic E-state index is -0.433. The van der Waals surface area contributed by atoms with E-state index in [1.165, 1.54) is 18.2 Å². The molecule has 4 aromatic rings. The molecular formula is C25H21Cl2FN6O2. The zero-order valence-corrected chi connectivity index (χ0v) is 20.5. The second-order valence-corrected chi connectivity index (χ2v) is 9.08. The average molecular weight is 527 g/mol. The number of hydrogen-bond acceptors (Lipinski definition) is 7. The Labute approximate surface area is 216 Å². The van der Waals surface area contributed by atoms with Crippen LogP contribution in [0.2, 0.25) is 10.0 Å². The number of aromatic nitrogens is 3. The molecule has 1 saturated heterocycles. The molecule has 0 saturated carbocycles. The summed E-state index contributed by atoms with van der Waals surface area (Å²) in [5.41, 5.74) is 7.68. The van der Waals surface area contributed by atoms with Crippen LogP contribution in [0.1, 0.15) is 0 Å². The third-order valence-corrected chi connectivity index (χ3v) is 6.34. The lowest BCUT2D eigenvalue weighted by Gasteiger charge is -2.35. The summed E-state index contributed by atoms with van der Waals surface area (Å²) in [6.07, 6.45) is 0. The van der Waals surface area contributed by atoms with Gasteiger partial charge in [0.25, 0.3) is 5.91 Å². The van der Waals surface area contributed by atoms with Crippen molar-refractivity contribution in [2.75, 3.05) is 43.4 Å². The molecule has 1 aliphatic rings. The van der Waals surface area contributed by atoms with E-state index in [4.69, 9.17) is 33.7 Å². The van der Waals surface area contributed by atoms with Gasteiger partial charge >= 0.3 is 0 Å². The van der Waals surface area contributed by atoms with E-state index in [-0.39, 0.29) is 24.0 Å². The normalized spacial score (nSPS) is 13.8. The van der Waals surface area contributed by atoms with Crippen molar-refractivity contribution in [1.82, 2.24) is 19.9 Å². The van der Waals surface area contributed by atoms with Crippen LogP contribution < -0.4 is 15.4 Å². The molecule has 0 spiro atoms. The van der Waals surface area contributed by atoms with Crippen LogP contribution in [0.4, 0.5) is 16.2 Å². The number of hydrogen-bond donors (Lipinski definition) is 1. The zero-order valence-electron chi connectivity index (χ0n) is 19.0. The molecule has 0 atom stereocenters. The van der Waals surface area contributed by atoms with E-state index in [0.29, 0.717) is 64.5 Å². The quantitative estimate of drug-likeness (QED) is 0.410. The van der Waals surface area contributed by atoms with Gasteiger partial charge < -0.3 is 20.3 Å². The van der Waals surface area contributed by atoms with Crippen molar-refractivity contribution in [3.05, 3.63) is 70.5 Å². The molecule has 3 heterocycles. The van der Waals surface area contributed by atoms with Crippen LogP contribution in [0, 0.1) is 5.82 Å². The van der Waals surface area contributed by atoms with E-state index in [9.17, 15) is 9.18 Å². The number of fused-ring (bicyclic) bond motifs is 1. The molecule has 36 heavy (non-hydrogen) atoms. The van der Waals surface area contributed by atoms with Gasteiger partial charge in [-0.2, -0.15) is 4.98 Å². The lowest BCUT2D eigenvalue weighted by Crippen LogP contribution is -2.50. The molecule has 2 aromatic heterocycles. The maximum Gasteiger partial charge on any atom is 0.260 e. The van der Waals surface area contributed by atoms with Gasteiger partial charge in [0.15, 0.2) is 12.4 Å². The smallest absolute Gasteiger partial charge is 0.260 e. The Morgan fingerprint density at radius 3 is 2.42 bits per heavy atom. The number of nitrogen functional groups attached to an aromatic ring is 1. The number of piperazine rings is 1. The summed E-state index contributed by atoms with van der Waals surface area (Å²) in [5, 5.41) is 1.00. The number of carbonyl (C=O) groups excluding carboxylic acids is 1. The molecule has 0 unspecified atom stereocenters. The molecule has 11 heteroatoms. The van der Waals surface area contributed by atoms with E-state index in [1.807, 2.05) is 4.90 Å². The van der Waals surface area contributed by atoms with Gasteiger partial charge in [-0.15, -0.1) is 0 Å². The SMILES string of the molecule is Nc1nc(N2CCN(C(=O)COc3ccc(Cl)cc3)CC2)c2nc(-c3cc(Cl)ccc3F)ccc2n1. The molecule has 8 nitrogen and oxygen atoms in total. The number of anilines is 2. The first-order valence-electron chi connectivity index (χ1n) is 11.2. The van der Waals surface area contributed by atoms with Crippen LogP contribution in [-0.2, 0) is 4.79 Å². The standard InChI is InChI=1S/C25H21Cl2FN6O2/c26-15-1-4-17(5-2-15)36-14-22(35)33-9-11-34(12-10-33)24-23-21(31-25(29)32-24)8-7-20(30-23)18-13-16(27)3-6-19(18)28/h1-8,13H,9-12,14H2,(H2,29,31,32). The predicted molar refractivity (Wildman–Crippen MR) is 138 cm³/mol. The van der Waals surface area contributed by atoms with Gasteiger partial charge in [-0.05, 0) is 54.6 Å². The number of halogens is 3. The monoisotopic (exact) mass is 526 g/mol. The fraction of sp³-hybridized carbons (Fsp3) is 0.200. The molecule has 1 fully saturated rings. The first-order valence-corrected chi connectivity index (χ1v) is 11.9. The largest absolute Gasteiger partial charge is 0.484 e. The van der Waals surface area contributed by atoms with Crippen molar-refractivity contribution in [3.63, 3.8) is 0 Å². The average Bonchev–Trinajstić information content (AvgIpc) is 2.89. The highest BCUT2D eigenvalue weighted by molar-refractivity contribution is 6.31. The zero-order chi connectivity index (χ0) is 25.2. The highest BCUT2D eigenvalue weighted by Crippen LogP contribution is 2.30. The molecule has 0 bridgehead atoms. The summed E-state index contributed by atoms with van der Waals surface area (Å²) < 4.78 is 20.1. The maximum atomic E-state index is 14.5. The highest BCUT2D eigenvalue weighted by atomic mass is 35.5. The lowest BCUT2D eigenvalue weighted by molar-refractivity contribution is -0.133. The van der Waals surface area contributed by atoms with E-state index in [0.717, 1.165) is 0 Å². The summed E-state index contributed by atoms with van der Waals surface area (Å²) in [4.78, 5) is 29.7. The van der Waals surface area contributed by atoms with Crippen LogP contribution >= 0.6 is 23.2 Å². The van der Waals surface area contributed by atoms with E-state index >= 15 is 0 Å². The van der Waals surface area contributed by atoms with Crippen LogP contribution in [0.5, 0.6) is 5.75 Å². The topological polar surface area (TPSA) is 97.5 Å². The Kier molecular flexibility index (Phi) is 6.75. The summed E-state index contributed by atoms with van der Waals surface area (Å²) >= 11 is 12.0. The third-order valence-electron chi connectivity index (χ3n) is 5.85. The molecule has 5 rings (SSSR count). The number of benzene rings is 2. The summed E-state index contributed by atoms with van der Waals surface area (Å²) in [6.45, 7) is 1.89. The predicted octanol–water partition coefficient (Wildman–Crippen LogP) is 4.45. The van der Waals surface area contributed by atoms with Crippen molar-refractivity contribution in [1.29, 1.82) is 0 Å².